The summed E-state index contributed by atoms with van der Waals surface area (Å²) in [6.45, 7) is 0. The van der Waals surface area contributed by atoms with Crippen LogP contribution in [0.5, 0.6) is 11.6 Å². The summed E-state index contributed by atoms with van der Waals surface area (Å²) in [6.07, 6.45) is 5.69. The summed E-state index contributed by atoms with van der Waals surface area (Å²) in [5.41, 5.74) is -0.320. The molecule has 0 bridgehead atoms. The molecule has 0 unspecified atom stereocenters. The molecule has 8 nitrogen and oxygen atoms in total. The second kappa shape index (κ2) is 5.37. The van der Waals surface area contributed by atoms with Crippen LogP contribution in [0.3, 0.4) is 0 Å². The standard InChI is InChI=1S/C13H9N5O3/c19-18(20)11-12(17-7-6-14-9-17)15-8-16-13(11)21-10-4-2-1-3-5-10/h1-9H. The van der Waals surface area contributed by atoms with Crippen LogP contribution in [0.1, 0.15) is 0 Å². The molecular formula is C13H9N5O3. The molecular weight excluding hydrogens is 274 g/mol. The zero-order valence-corrected chi connectivity index (χ0v) is 10.7. The molecule has 0 N–H and O–H groups in total. The van der Waals surface area contributed by atoms with Crippen molar-refractivity contribution >= 4 is 5.69 Å². The summed E-state index contributed by atoms with van der Waals surface area (Å²) in [5, 5.41) is 11.3. The number of nitrogens with zero attached hydrogens (tertiary/aromatic N) is 5. The minimum atomic E-state index is -0.576. The van der Waals surface area contributed by atoms with E-state index in [1.54, 1.807) is 30.5 Å². The largest absolute Gasteiger partial charge is 0.434 e. The van der Waals surface area contributed by atoms with Crippen LogP contribution in [0.25, 0.3) is 5.82 Å². The van der Waals surface area contributed by atoms with Gasteiger partial charge in [0.1, 0.15) is 18.4 Å². The molecule has 0 saturated heterocycles. The van der Waals surface area contributed by atoms with E-state index in [1.165, 1.54) is 23.4 Å². The van der Waals surface area contributed by atoms with E-state index in [2.05, 4.69) is 15.0 Å². The van der Waals surface area contributed by atoms with Crippen LogP contribution in [0.4, 0.5) is 5.69 Å². The number of hydrogen-bond acceptors (Lipinski definition) is 6. The van der Waals surface area contributed by atoms with Gasteiger partial charge in [-0.25, -0.2) is 9.97 Å². The zero-order chi connectivity index (χ0) is 14.7. The number of aromatic nitrogens is 4. The topological polar surface area (TPSA) is 96.0 Å². The third-order valence-corrected chi connectivity index (χ3v) is 2.66. The molecule has 3 aromatic rings. The van der Waals surface area contributed by atoms with Crippen LogP contribution < -0.4 is 4.74 Å². The molecule has 2 aromatic heterocycles. The van der Waals surface area contributed by atoms with Crippen molar-refractivity contribution in [1.29, 1.82) is 0 Å². The van der Waals surface area contributed by atoms with E-state index in [-0.39, 0.29) is 17.4 Å². The van der Waals surface area contributed by atoms with Crippen LogP contribution in [0.2, 0.25) is 0 Å². The summed E-state index contributed by atoms with van der Waals surface area (Å²) >= 11 is 0. The Hall–Kier alpha value is -3.29. The van der Waals surface area contributed by atoms with Crippen molar-refractivity contribution in [2.24, 2.45) is 0 Å². The number of para-hydroxylation sites is 1. The van der Waals surface area contributed by atoms with Gasteiger partial charge < -0.3 is 4.74 Å². The number of hydrogen-bond donors (Lipinski definition) is 0. The molecule has 0 radical (unpaired) electrons. The lowest BCUT2D eigenvalue weighted by Gasteiger charge is -2.07. The summed E-state index contributed by atoms with van der Waals surface area (Å²) in [7, 11) is 0. The maximum atomic E-state index is 11.3. The van der Waals surface area contributed by atoms with Crippen molar-refractivity contribution in [2.45, 2.75) is 0 Å². The van der Waals surface area contributed by atoms with Crippen molar-refractivity contribution in [3.63, 3.8) is 0 Å². The van der Waals surface area contributed by atoms with Gasteiger partial charge in [0.05, 0.1) is 4.92 Å². The SMILES string of the molecule is O=[N+]([O-])c1c(Oc2ccccc2)ncnc1-n1ccnc1. The van der Waals surface area contributed by atoms with Crippen molar-refractivity contribution in [3.05, 3.63) is 65.5 Å². The molecule has 0 aliphatic heterocycles. The normalized spacial score (nSPS) is 10.3. The number of rotatable bonds is 4. The van der Waals surface area contributed by atoms with Gasteiger partial charge in [-0.2, -0.15) is 4.98 Å². The predicted octanol–water partition coefficient (Wildman–Crippen LogP) is 2.36. The molecule has 0 fully saturated rings. The Balaban J connectivity index is 2.09. The van der Waals surface area contributed by atoms with E-state index in [1.807, 2.05) is 6.07 Å². The monoisotopic (exact) mass is 283 g/mol. The lowest BCUT2D eigenvalue weighted by molar-refractivity contribution is -0.386. The smallest absolute Gasteiger partial charge is 0.374 e. The summed E-state index contributed by atoms with van der Waals surface area (Å²) < 4.78 is 6.91. The molecule has 1 aromatic carbocycles. The van der Waals surface area contributed by atoms with Crippen molar-refractivity contribution in [1.82, 2.24) is 19.5 Å². The Labute approximate surface area is 118 Å². The van der Waals surface area contributed by atoms with Crippen molar-refractivity contribution in [2.75, 3.05) is 0 Å². The van der Waals surface area contributed by atoms with Crippen LogP contribution in [-0.4, -0.2) is 24.4 Å². The van der Waals surface area contributed by atoms with E-state index in [0.717, 1.165) is 0 Å². The lowest BCUT2D eigenvalue weighted by Crippen LogP contribution is -2.04. The molecule has 0 aliphatic rings. The Morgan fingerprint density at radius 1 is 1.19 bits per heavy atom. The van der Waals surface area contributed by atoms with Crippen LogP contribution in [0.15, 0.2) is 55.4 Å². The highest BCUT2D eigenvalue weighted by atomic mass is 16.6. The second-order valence-electron chi connectivity index (χ2n) is 3.99. The third kappa shape index (κ3) is 2.54. The highest BCUT2D eigenvalue weighted by Crippen LogP contribution is 2.32. The highest BCUT2D eigenvalue weighted by Gasteiger charge is 2.26. The van der Waals surface area contributed by atoms with Crippen LogP contribution in [-0.2, 0) is 0 Å². The van der Waals surface area contributed by atoms with E-state index in [9.17, 15) is 10.1 Å². The molecule has 21 heavy (non-hydrogen) atoms. The van der Waals surface area contributed by atoms with E-state index in [4.69, 9.17) is 4.74 Å². The average molecular weight is 283 g/mol. The Kier molecular flexibility index (Phi) is 3.26. The quantitative estimate of drug-likeness (QED) is 0.538. The molecule has 104 valence electrons. The fourth-order valence-corrected chi connectivity index (χ4v) is 1.76. The van der Waals surface area contributed by atoms with Crippen molar-refractivity contribution < 1.29 is 9.66 Å². The Morgan fingerprint density at radius 2 is 2.00 bits per heavy atom. The van der Waals surface area contributed by atoms with Crippen LogP contribution >= 0.6 is 0 Å². The Bertz CT molecular complexity index is 759. The molecule has 2 heterocycles. The minimum absolute atomic E-state index is 0.0958. The number of imidazole rings is 1. The maximum absolute atomic E-state index is 11.3. The number of ether oxygens (including phenoxy) is 1. The van der Waals surface area contributed by atoms with Gasteiger partial charge in [0.2, 0.25) is 5.82 Å². The van der Waals surface area contributed by atoms with E-state index in [0.29, 0.717) is 5.75 Å². The van der Waals surface area contributed by atoms with Gasteiger partial charge in [0, 0.05) is 12.4 Å². The van der Waals surface area contributed by atoms with Crippen molar-refractivity contribution in [3.8, 4) is 17.4 Å². The number of benzene rings is 1. The maximum Gasteiger partial charge on any atom is 0.374 e. The third-order valence-electron chi connectivity index (χ3n) is 2.66. The van der Waals surface area contributed by atoms with Gasteiger partial charge in [-0.15, -0.1) is 0 Å². The van der Waals surface area contributed by atoms with Gasteiger partial charge in [-0.05, 0) is 12.1 Å². The second-order valence-corrected chi connectivity index (χ2v) is 3.99. The predicted molar refractivity (Wildman–Crippen MR) is 72.3 cm³/mol. The van der Waals surface area contributed by atoms with Gasteiger partial charge in [0.15, 0.2) is 0 Å². The fourth-order valence-electron chi connectivity index (χ4n) is 1.76. The van der Waals surface area contributed by atoms with E-state index >= 15 is 0 Å². The Morgan fingerprint density at radius 3 is 2.67 bits per heavy atom. The van der Waals surface area contributed by atoms with Crippen LogP contribution in [0, 0.1) is 10.1 Å². The first-order valence-electron chi connectivity index (χ1n) is 5.96. The molecule has 0 amide bonds. The number of nitro groups is 1. The van der Waals surface area contributed by atoms with Gasteiger partial charge in [0.25, 0.3) is 0 Å². The highest BCUT2D eigenvalue weighted by molar-refractivity contribution is 5.54. The minimum Gasteiger partial charge on any atom is -0.434 e. The fraction of sp³-hybridized carbons (Fsp3) is 0. The summed E-state index contributed by atoms with van der Waals surface area (Å²) in [6, 6.07) is 8.71. The summed E-state index contributed by atoms with van der Waals surface area (Å²) in [5.74, 6) is 0.430. The molecule has 0 saturated carbocycles. The average Bonchev–Trinajstić information content (AvgIpc) is 3.02. The lowest BCUT2D eigenvalue weighted by atomic mass is 10.3. The first kappa shape index (κ1) is 12.7. The van der Waals surface area contributed by atoms with Gasteiger partial charge in [-0.1, -0.05) is 18.2 Å². The van der Waals surface area contributed by atoms with Gasteiger partial charge in [-0.3, -0.25) is 14.7 Å². The van der Waals surface area contributed by atoms with Gasteiger partial charge >= 0.3 is 11.6 Å². The molecule has 0 atom stereocenters. The summed E-state index contributed by atoms with van der Waals surface area (Å²) in [4.78, 5) is 22.4. The molecule has 0 spiro atoms. The molecule has 8 heteroatoms. The molecule has 0 aliphatic carbocycles. The first-order valence-corrected chi connectivity index (χ1v) is 5.96. The first-order chi connectivity index (χ1) is 10.3. The molecule has 3 rings (SSSR count). The zero-order valence-electron chi connectivity index (χ0n) is 10.7. The van der Waals surface area contributed by atoms with E-state index < -0.39 is 4.92 Å².